The minimum Gasteiger partial charge on any atom is -0.379 e. The van der Waals surface area contributed by atoms with Gasteiger partial charge < -0.3 is 15.4 Å². The van der Waals surface area contributed by atoms with Crippen molar-refractivity contribution < 1.29 is 14.3 Å². The molecule has 24 heavy (non-hydrogen) atoms. The Balaban J connectivity index is 1.83. The van der Waals surface area contributed by atoms with Crippen molar-refractivity contribution in [3.05, 3.63) is 29.6 Å². The van der Waals surface area contributed by atoms with E-state index in [1.165, 1.54) is 12.3 Å². The highest BCUT2D eigenvalue weighted by molar-refractivity contribution is 5.98. The van der Waals surface area contributed by atoms with E-state index in [0.29, 0.717) is 24.6 Å². The summed E-state index contributed by atoms with van der Waals surface area (Å²) in [6.45, 7) is 9.24. The predicted octanol–water partition coefficient (Wildman–Crippen LogP) is 0.529. The first-order valence-electron chi connectivity index (χ1n) is 8.39. The van der Waals surface area contributed by atoms with E-state index in [0.717, 1.165) is 32.8 Å². The van der Waals surface area contributed by atoms with Gasteiger partial charge in [-0.05, 0) is 18.1 Å². The molecule has 0 aromatic carbocycles. The van der Waals surface area contributed by atoms with Gasteiger partial charge in [0.2, 0.25) is 0 Å². The van der Waals surface area contributed by atoms with Crippen LogP contribution in [0.1, 0.15) is 34.7 Å². The number of carbonyl (C=O) groups excluding carboxylic acids is 2. The summed E-state index contributed by atoms with van der Waals surface area (Å²) in [5.41, 5.74) is 0.707. The van der Waals surface area contributed by atoms with Gasteiger partial charge in [0.25, 0.3) is 11.8 Å². The minimum atomic E-state index is -0.262. The molecule has 1 aromatic rings. The van der Waals surface area contributed by atoms with E-state index >= 15 is 0 Å². The number of nitrogens with zero attached hydrogens (tertiary/aromatic N) is 2. The average molecular weight is 334 g/mol. The fourth-order valence-electron chi connectivity index (χ4n) is 2.34. The molecule has 2 heterocycles. The highest BCUT2D eigenvalue weighted by Gasteiger charge is 2.13. The van der Waals surface area contributed by atoms with Gasteiger partial charge in [0.05, 0.1) is 13.2 Å². The second kappa shape index (κ2) is 9.34. The van der Waals surface area contributed by atoms with E-state index in [4.69, 9.17) is 4.74 Å². The number of morpholine rings is 1. The predicted molar refractivity (Wildman–Crippen MR) is 91.0 cm³/mol. The van der Waals surface area contributed by atoms with Crippen molar-refractivity contribution >= 4 is 11.8 Å². The van der Waals surface area contributed by atoms with E-state index in [1.54, 1.807) is 6.07 Å². The highest BCUT2D eigenvalue weighted by Crippen LogP contribution is 2.03. The van der Waals surface area contributed by atoms with Gasteiger partial charge in [-0.2, -0.15) is 0 Å². The highest BCUT2D eigenvalue weighted by atomic mass is 16.5. The fourth-order valence-corrected chi connectivity index (χ4v) is 2.34. The van der Waals surface area contributed by atoms with Gasteiger partial charge in [0.1, 0.15) is 5.69 Å². The molecule has 7 heteroatoms. The summed E-state index contributed by atoms with van der Waals surface area (Å²) in [6.07, 6.45) is 1.49. The summed E-state index contributed by atoms with van der Waals surface area (Å²) < 4.78 is 5.29. The average Bonchev–Trinajstić information content (AvgIpc) is 2.60. The molecule has 0 radical (unpaired) electrons. The fraction of sp³-hybridized carbons (Fsp3) is 0.588. The van der Waals surface area contributed by atoms with Crippen LogP contribution in [0, 0.1) is 5.92 Å². The van der Waals surface area contributed by atoms with Crippen molar-refractivity contribution in [1.82, 2.24) is 20.5 Å². The number of amides is 2. The Morgan fingerprint density at radius 2 is 2.00 bits per heavy atom. The molecule has 2 rings (SSSR count). The van der Waals surface area contributed by atoms with Crippen molar-refractivity contribution in [2.24, 2.45) is 5.92 Å². The lowest BCUT2D eigenvalue weighted by atomic mass is 10.2. The van der Waals surface area contributed by atoms with Gasteiger partial charge in [-0.25, -0.2) is 0 Å². The first-order chi connectivity index (χ1) is 11.6. The van der Waals surface area contributed by atoms with Crippen LogP contribution in [0.3, 0.4) is 0 Å². The largest absolute Gasteiger partial charge is 0.379 e. The number of aromatic nitrogens is 1. The summed E-state index contributed by atoms with van der Waals surface area (Å²) in [7, 11) is 0. The molecule has 1 aliphatic rings. The molecule has 0 atom stereocenters. The van der Waals surface area contributed by atoms with Crippen LogP contribution in [0.25, 0.3) is 0 Å². The standard InChI is InChI=1S/C17H26N4O3/c1-13(2)12-20-16(22)14-3-4-18-15(11-14)17(23)19-5-6-21-7-9-24-10-8-21/h3-4,11,13H,5-10,12H2,1-2H3,(H,19,23)(H,20,22). The first kappa shape index (κ1) is 18.4. The van der Waals surface area contributed by atoms with Gasteiger partial charge >= 0.3 is 0 Å². The quantitative estimate of drug-likeness (QED) is 0.760. The zero-order valence-electron chi connectivity index (χ0n) is 14.4. The van der Waals surface area contributed by atoms with Crippen molar-refractivity contribution in [1.29, 1.82) is 0 Å². The third-order valence-electron chi connectivity index (χ3n) is 3.74. The number of pyridine rings is 1. The summed E-state index contributed by atoms with van der Waals surface area (Å²) in [5, 5.41) is 5.68. The molecule has 0 aliphatic carbocycles. The third-order valence-corrected chi connectivity index (χ3v) is 3.74. The van der Waals surface area contributed by atoms with Crippen molar-refractivity contribution in [2.75, 3.05) is 45.9 Å². The molecule has 1 saturated heterocycles. The monoisotopic (exact) mass is 334 g/mol. The molecule has 0 unspecified atom stereocenters. The molecule has 2 N–H and O–H groups in total. The smallest absolute Gasteiger partial charge is 0.269 e. The molecule has 0 saturated carbocycles. The van der Waals surface area contributed by atoms with Crippen LogP contribution in [-0.4, -0.2) is 67.6 Å². The summed E-state index contributed by atoms with van der Waals surface area (Å²) in [4.78, 5) is 30.5. The molecule has 132 valence electrons. The second-order valence-corrected chi connectivity index (χ2v) is 6.24. The lowest BCUT2D eigenvalue weighted by molar-refractivity contribution is 0.0383. The van der Waals surface area contributed by atoms with Gasteiger partial charge in [0.15, 0.2) is 0 Å². The lowest BCUT2D eigenvalue weighted by Crippen LogP contribution is -2.41. The Morgan fingerprint density at radius 1 is 1.25 bits per heavy atom. The maximum atomic E-state index is 12.2. The Morgan fingerprint density at radius 3 is 2.71 bits per heavy atom. The van der Waals surface area contributed by atoms with E-state index in [9.17, 15) is 9.59 Å². The Bertz CT molecular complexity index is 557. The molecule has 7 nitrogen and oxygen atoms in total. The summed E-state index contributed by atoms with van der Waals surface area (Å²) >= 11 is 0. The van der Waals surface area contributed by atoms with Crippen LogP contribution in [0.15, 0.2) is 18.3 Å². The van der Waals surface area contributed by atoms with Crippen molar-refractivity contribution in [3.8, 4) is 0 Å². The van der Waals surface area contributed by atoms with E-state index in [2.05, 4.69) is 20.5 Å². The van der Waals surface area contributed by atoms with Gasteiger partial charge in [-0.15, -0.1) is 0 Å². The summed E-state index contributed by atoms with van der Waals surface area (Å²) in [6, 6.07) is 3.14. The number of rotatable bonds is 7. The minimum absolute atomic E-state index is 0.187. The number of ether oxygens (including phenoxy) is 1. The Labute approximate surface area is 142 Å². The second-order valence-electron chi connectivity index (χ2n) is 6.24. The van der Waals surface area contributed by atoms with Gasteiger partial charge in [-0.1, -0.05) is 13.8 Å². The maximum Gasteiger partial charge on any atom is 0.269 e. The van der Waals surface area contributed by atoms with E-state index < -0.39 is 0 Å². The molecular formula is C17H26N4O3. The molecular weight excluding hydrogens is 308 g/mol. The summed E-state index contributed by atoms with van der Waals surface area (Å²) in [5.74, 6) is -0.0750. The topological polar surface area (TPSA) is 83.6 Å². The Hall–Kier alpha value is -1.99. The molecule has 2 amide bonds. The molecule has 0 bridgehead atoms. The SMILES string of the molecule is CC(C)CNC(=O)c1ccnc(C(=O)NCCN2CCOCC2)c1. The van der Waals surface area contributed by atoms with Crippen LogP contribution in [0.5, 0.6) is 0 Å². The number of hydrogen-bond acceptors (Lipinski definition) is 5. The van der Waals surface area contributed by atoms with Crippen LogP contribution in [0.2, 0.25) is 0 Å². The van der Waals surface area contributed by atoms with Gasteiger partial charge in [0, 0.05) is 44.5 Å². The zero-order valence-corrected chi connectivity index (χ0v) is 14.4. The van der Waals surface area contributed by atoms with Gasteiger partial charge in [-0.3, -0.25) is 19.5 Å². The van der Waals surface area contributed by atoms with E-state index in [1.807, 2.05) is 13.8 Å². The molecule has 0 spiro atoms. The van der Waals surface area contributed by atoms with Crippen LogP contribution < -0.4 is 10.6 Å². The maximum absolute atomic E-state index is 12.2. The number of hydrogen-bond donors (Lipinski definition) is 2. The van der Waals surface area contributed by atoms with Crippen LogP contribution in [-0.2, 0) is 4.74 Å². The number of carbonyl (C=O) groups is 2. The molecule has 1 aliphatic heterocycles. The third kappa shape index (κ3) is 5.90. The van der Waals surface area contributed by atoms with Crippen LogP contribution in [0.4, 0.5) is 0 Å². The van der Waals surface area contributed by atoms with Crippen molar-refractivity contribution in [3.63, 3.8) is 0 Å². The number of nitrogens with one attached hydrogen (secondary N) is 2. The normalized spacial score (nSPS) is 15.3. The molecule has 1 fully saturated rings. The zero-order chi connectivity index (χ0) is 17.4. The van der Waals surface area contributed by atoms with Crippen LogP contribution >= 0.6 is 0 Å². The Kier molecular flexibility index (Phi) is 7.14. The molecule has 1 aromatic heterocycles. The lowest BCUT2D eigenvalue weighted by Gasteiger charge is -2.26. The first-order valence-corrected chi connectivity index (χ1v) is 8.39. The van der Waals surface area contributed by atoms with E-state index in [-0.39, 0.29) is 17.5 Å². The van der Waals surface area contributed by atoms with Crippen molar-refractivity contribution in [2.45, 2.75) is 13.8 Å².